The topological polar surface area (TPSA) is 96.0 Å². The van der Waals surface area contributed by atoms with E-state index in [2.05, 4.69) is 5.32 Å². The summed E-state index contributed by atoms with van der Waals surface area (Å²) >= 11 is 0. The lowest BCUT2D eigenvalue weighted by Crippen LogP contribution is -2.51. The van der Waals surface area contributed by atoms with Crippen molar-refractivity contribution in [3.05, 3.63) is 90.2 Å². The number of benzene rings is 3. The lowest BCUT2D eigenvalue weighted by Gasteiger charge is -2.32. The van der Waals surface area contributed by atoms with Gasteiger partial charge in [-0.05, 0) is 62.2 Å². The van der Waals surface area contributed by atoms with Crippen molar-refractivity contribution in [2.45, 2.75) is 45.2 Å². The summed E-state index contributed by atoms with van der Waals surface area (Å²) in [6.07, 6.45) is 0. The summed E-state index contributed by atoms with van der Waals surface area (Å²) in [4.78, 5) is 28.1. The second-order valence-electron chi connectivity index (χ2n) is 9.68. The molecule has 214 valence electrons. The van der Waals surface area contributed by atoms with Gasteiger partial charge in [0.05, 0.1) is 17.2 Å². The fraction of sp³-hybridized carbons (Fsp3) is 0.333. The first kappa shape index (κ1) is 30.6. The molecule has 0 spiro atoms. The molecule has 0 saturated carbocycles. The number of amides is 2. The van der Waals surface area contributed by atoms with E-state index in [1.54, 1.807) is 55.5 Å². The lowest BCUT2D eigenvalue weighted by atomic mass is 10.1. The Kier molecular flexibility index (Phi) is 10.7. The fourth-order valence-corrected chi connectivity index (χ4v) is 5.40. The number of carbonyl (C=O) groups is 2. The van der Waals surface area contributed by atoms with Crippen LogP contribution in [0.1, 0.15) is 33.3 Å². The van der Waals surface area contributed by atoms with E-state index in [1.165, 1.54) is 35.2 Å². The van der Waals surface area contributed by atoms with Crippen LogP contribution in [0.15, 0.2) is 83.8 Å². The number of nitrogens with one attached hydrogen (secondary N) is 1. The van der Waals surface area contributed by atoms with Crippen LogP contribution < -0.4 is 14.4 Å². The number of hydrogen-bond acceptors (Lipinski definition) is 5. The van der Waals surface area contributed by atoms with Gasteiger partial charge in [0.25, 0.3) is 10.0 Å². The number of ether oxygens (including phenoxy) is 1. The first-order chi connectivity index (χ1) is 19.0. The minimum atomic E-state index is -4.19. The van der Waals surface area contributed by atoms with Crippen LogP contribution in [0.4, 0.5) is 10.1 Å². The molecule has 8 nitrogen and oxygen atoms in total. The molecule has 3 aromatic rings. The molecule has 0 radical (unpaired) electrons. The van der Waals surface area contributed by atoms with Crippen molar-refractivity contribution in [1.29, 1.82) is 0 Å². The Hall–Kier alpha value is -3.92. The van der Waals surface area contributed by atoms with Crippen molar-refractivity contribution >= 4 is 27.5 Å². The Balaban J connectivity index is 2.01. The summed E-state index contributed by atoms with van der Waals surface area (Å²) < 4.78 is 48.6. The number of rotatable bonds is 13. The van der Waals surface area contributed by atoms with Gasteiger partial charge in [0.15, 0.2) is 0 Å². The highest BCUT2D eigenvalue weighted by molar-refractivity contribution is 7.92. The molecule has 0 heterocycles. The van der Waals surface area contributed by atoms with Crippen molar-refractivity contribution < 1.29 is 27.1 Å². The summed E-state index contributed by atoms with van der Waals surface area (Å²) in [7, 11) is -4.19. The van der Waals surface area contributed by atoms with Gasteiger partial charge >= 0.3 is 0 Å². The maximum atomic E-state index is 14.6. The van der Waals surface area contributed by atoms with E-state index in [4.69, 9.17) is 4.74 Å². The van der Waals surface area contributed by atoms with E-state index in [0.717, 1.165) is 4.31 Å². The zero-order valence-corrected chi connectivity index (χ0v) is 24.0. The maximum Gasteiger partial charge on any atom is 0.264 e. The average molecular weight is 570 g/mol. The van der Waals surface area contributed by atoms with Crippen molar-refractivity contribution in [2.24, 2.45) is 5.92 Å². The molecule has 0 fully saturated rings. The quantitative estimate of drug-likeness (QED) is 0.324. The summed E-state index contributed by atoms with van der Waals surface area (Å²) in [5.74, 6) is -0.888. The molecule has 3 rings (SSSR count). The van der Waals surface area contributed by atoms with Gasteiger partial charge in [-0.25, -0.2) is 12.8 Å². The molecule has 0 aliphatic rings. The van der Waals surface area contributed by atoms with Crippen LogP contribution in [0.2, 0.25) is 0 Å². The molecule has 3 aromatic carbocycles. The Bertz CT molecular complexity index is 1380. The molecular formula is C30H36FN3O5S. The molecule has 0 aliphatic heterocycles. The molecule has 0 saturated heterocycles. The van der Waals surface area contributed by atoms with Gasteiger partial charge in [0.2, 0.25) is 11.8 Å². The van der Waals surface area contributed by atoms with Crippen LogP contribution >= 0.6 is 0 Å². The molecule has 0 unspecified atom stereocenters. The molecule has 10 heteroatoms. The van der Waals surface area contributed by atoms with Crippen molar-refractivity contribution in [2.75, 3.05) is 24.0 Å². The Morgan fingerprint density at radius 2 is 1.55 bits per heavy atom. The van der Waals surface area contributed by atoms with Crippen molar-refractivity contribution in [3.63, 3.8) is 0 Å². The highest BCUT2D eigenvalue weighted by atomic mass is 32.2. The molecule has 0 aromatic heterocycles. The Morgan fingerprint density at radius 3 is 2.15 bits per heavy atom. The molecule has 40 heavy (non-hydrogen) atoms. The van der Waals surface area contributed by atoms with Gasteiger partial charge in [0.1, 0.15) is 24.2 Å². The van der Waals surface area contributed by atoms with Crippen LogP contribution in [0, 0.1) is 11.7 Å². The second-order valence-corrected chi connectivity index (χ2v) is 11.5. The number of anilines is 1. The number of carbonyl (C=O) groups excluding carboxylic acids is 2. The van der Waals surface area contributed by atoms with Gasteiger partial charge in [0, 0.05) is 18.7 Å². The average Bonchev–Trinajstić information content (AvgIpc) is 2.94. The standard InChI is InChI=1S/C30H36FN3O5S/c1-5-39-26-17-15-25(16-18-26)34(40(37,38)27-12-7-6-8-13-27)21-29(35)33(20-24-11-9-10-14-28(24)31)23(4)30(36)32-19-22(2)3/h6-18,22-23H,5,19-21H2,1-4H3,(H,32,36)/t23-/m0/s1. The number of nitrogens with zero attached hydrogens (tertiary/aromatic N) is 2. The van der Waals surface area contributed by atoms with E-state index >= 15 is 0 Å². The third-order valence-electron chi connectivity index (χ3n) is 6.20. The fourth-order valence-electron chi connectivity index (χ4n) is 3.97. The van der Waals surface area contributed by atoms with Gasteiger partial charge in [-0.3, -0.25) is 13.9 Å². The molecule has 0 bridgehead atoms. The maximum absolute atomic E-state index is 14.6. The van der Waals surface area contributed by atoms with E-state index in [1.807, 2.05) is 20.8 Å². The zero-order valence-electron chi connectivity index (χ0n) is 23.2. The number of sulfonamides is 1. The smallest absolute Gasteiger partial charge is 0.264 e. The highest BCUT2D eigenvalue weighted by Gasteiger charge is 2.32. The number of halogens is 1. The normalized spacial score (nSPS) is 12.1. The van der Waals surface area contributed by atoms with Crippen LogP contribution in [-0.2, 0) is 26.2 Å². The molecule has 1 atom stereocenters. The Morgan fingerprint density at radius 1 is 0.925 bits per heavy atom. The monoisotopic (exact) mass is 569 g/mol. The minimum Gasteiger partial charge on any atom is -0.494 e. The highest BCUT2D eigenvalue weighted by Crippen LogP contribution is 2.26. The molecular weight excluding hydrogens is 533 g/mol. The van der Waals surface area contributed by atoms with E-state index < -0.39 is 40.2 Å². The predicted molar refractivity (Wildman–Crippen MR) is 153 cm³/mol. The van der Waals surface area contributed by atoms with E-state index in [9.17, 15) is 22.4 Å². The van der Waals surface area contributed by atoms with Crippen molar-refractivity contribution in [3.8, 4) is 5.75 Å². The first-order valence-electron chi connectivity index (χ1n) is 13.2. The van der Waals surface area contributed by atoms with Crippen LogP contribution in [0.25, 0.3) is 0 Å². The van der Waals surface area contributed by atoms with E-state index in [-0.39, 0.29) is 28.6 Å². The molecule has 2 amide bonds. The molecule has 0 aliphatic carbocycles. The third-order valence-corrected chi connectivity index (χ3v) is 7.98. The van der Waals surface area contributed by atoms with Crippen molar-refractivity contribution in [1.82, 2.24) is 10.2 Å². The third kappa shape index (κ3) is 7.81. The summed E-state index contributed by atoms with van der Waals surface area (Å²) in [5, 5.41) is 2.80. The van der Waals surface area contributed by atoms with Gasteiger partial charge in [-0.1, -0.05) is 50.2 Å². The van der Waals surface area contributed by atoms with Crippen LogP contribution in [0.3, 0.4) is 0 Å². The second kappa shape index (κ2) is 13.9. The van der Waals surface area contributed by atoms with Crippen LogP contribution in [-0.4, -0.2) is 50.9 Å². The van der Waals surface area contributed by atoms with Gasteiger partial charge in [-0.15, -0.1) is 0 Å². The largest absolute Gasteiger partial charge is 0.494 e. The zero-order chi connectivity index (χ0) is 29.3. The summed E-state index contributed by atoms with van der Waals surface area (Å²) in [5.41, 5.74) is 0.446. The first-order valence-corrected chi connectivity index (χ1v) is 14.6. The van der Waals surface area contributed by atoms with Crippen LogP contribution in [0.5, 0.6) is 5.75 Å². The predicted octanol–water partition coefficient (Wildman–Crippen LogP) is 4.61. The SMILES string of the molecule is CCOc1ccc(N(CC(=O)N(Cc2ccccc2F)[C@@H](C)C(=O)NCC(C)C)S(=O)(=O)c2ccccc2)cc1. The minimum absolute atomic E-state index is 0.0000588. The Labute approximate surface area is 235 Å². The summed E-state index contributed by atoms with van der Waals surface area (Å²) in [6.45, 7) is 7.26. The number of hydrogen-bond donors (Lipinski definition) is 1. The molecule has 1 N–H and O–H groups in total. The van der Waals surface area contributed by atoms with Gasteiger partial charge < -0.3 is 15.0 Å². The van der Waals surface area contributed by atoms with Gasteiger partial charge in [-0.2, -0.15) is 0 Å². The van der Waals surface area contributed by atoms with E-state index in [0.29, 0.717) is 18.9 Å². The summed E-state index contributed by atoms with van der Waals surface area (Å²) in [6, 6.07) is 19.1. The lowest BCUT2D eigenvalue weighted by molar-refractivity contribution is -0.139.